The zero-order chi connectivity index (χ0) is 14.0. The number of carbonyl (C=O) groups excluding carboxylic acids is 1. The monoisotopic (exact) mass is 465 g/mol. The van der Waals surface area contributed by atoms with Crippen LogP contribution in [-0.4, -0.2) is 5.91 Å². The van der Waals surface area contributed by atoms with Gasteiger partial charge in [0.05, 0.1) is 10.6 Å². The molecule has 0 saturated carbocycles. The van der Waals surface area contributed by atoms with E-state index in [9.17, 15) is 4.79 Å². The Kier molecular flexibility index (Phi) is 5.06. The van der Waals surface area contributed by atoms with Gasteiger partial charge in [-0.3, -0.25) is 4.79 Å². The lowest BCUT2D eigenvalue weighted by Crippen LogP contribution is -2.12. The largest absolute Gasteiger partial charge is 0.322 e. The molecule has 0 unspecified atom stereocenters. The minimum absolute atomic E-state index is 0.197. The van der Waals surface area contributed by atoms with Gasteiger partial charge in [-0.05, 0) is 68.3 Å². The summed E-state index contributed by atoms with van der Waals surface area (Å²) in [5.74, 6) is -0.197. The van der Waals surface area contributed by atoms with Gasteiger partial charge in [0, 0.05) is 19.1 Å². The fourth-order valence-electron chi connectivity index (χ4n) is 1.45. The lowest BCUT2D eigenvalue weighted by Gasteiger charge is -2.08. The maximum atomic E-state index is 12.1. The van der Waals surface area contributed by atoms with E-state index < -0.39 is 0 Å². The molecule has 0 saturated heterocycles. The van der Waals surface area contributed by atoms with Crippen LogP contribution < -0.4 is 5.32 Å². The highest BCUT2D eigenvalue weighted by Crippen LogP contribution is 2.27. The van der Waals surface area contributed by atoms with Crippen LogP contribution in [0.1, 0.15) is 10.4 Å². The van der Waals surface area contributed by atoms with E-state index in [0.717, 1.165) is 13.4 Å². The van der Waals surface area contributed by atoms with Crippen molar-refractivity contribution < 1.29 is 4.79 Å². The van der Waals surface area contributed by atoms with E-state index >= 15 is 0 Å². The lowest BCUT2D eigenvalue weighted by molar-refractivity contribution is 0.102. The molecule has 6 heteroatoms. The zero-order valence-corrected chi connectivity index (χ0v) is 14.9. The first kappa shape index (κ1) is 15.0. The maximum Gasteiger partial charge on any atom is 0.256 e. The summed E-state index contributed by atoms with van der Waals surface area (Å²) in [6.45, 7) is 0. The summed E-state index contributed by atoms with van der Waals surface area (Å²) >= 11 is 16.0. The topological polar surface area (TPSA) is 29.1 Å². The van der Waals surface area contributed by atoms with Crippen LogP contribution in [0.3, 0.4) is 0 Å². The van der Waals surface area contributed by atoms with Crippen molar-refractivity contribution in [3.63, 3.8) is 0 Å². The van der Waals surface area contributed by atoms with Crippen LogP contribution in [0.5, 0.6) is 0 Å². The van der Waals surface area contributed by atoms with Gasteiger partial charge in [-0.1, -0.05) is 27.5 Å². The van der Waals surface area contributed by atoms with Gasteiger partial charge in [0.15, 0.2) is 0 Å². The second-order valence-electron chi connectivity index (χ2n) is 3.71. The number of hydrogen-bond donors (Lipinski definition) is 1. The van der Waals surface area contributed by atoms with Crippen LogP contribution in [0.4, 0.5) is 5.69 Å². The highest BCUT2D eigenvalue weighted by molar-refractivity contribution is 9.11. The number of carbonyl (C=O) groups is 1. The summed E-state index contributed by atoms with van der Waals surface area (Å²) in [4.78, 5) is 12.1. The normalized spacial score (nSPS) is 10.3. The molecular formula is C13H7Br3ClNO. The first-order valence-corrected chi connectivity index (χ1v) is 7.94. The minimum atomic E-state index is -0.197. The molecule has 0 aliphatic heterocycles. The number of anilines is 1. The molecular weight excluding hydrogens is 461 g/mol. The molecule has 0 aliphatic rings. The molecule has 1 N–H and O–H groups in total. The standard InChI is InChI=1S/C13H7Br3ClNO/c14-7-1-3-9(11(16)5-7)13(19)18-8-2-4-10(15)12(17)6-8/h1-6H,(H,18,19). The summed E-state index contributed by atoms with van der Waals surface area (Å²) in [5.41, 5.74) is 1.20. The summed E-state index contributed by atoms with van der Waals surface area (Å²) < 4.78 is 2.42. The second kappa shape index (κ2) is 6.39. The van der Waals surface area contributed by atoms with Crippen LogP contribution in [0.2, 0.25) is 5.02 Å². The fourth-order valence-corrected chi connectivity index (χ4v) is 3.10. The first-order chi connectivity index (χ1) is 8.97. The van der Waals surface area contributed by atoms with Crippen molar-refractivity contribution in [1.82, 2.24) is 0 Å². The zero-order valence-electron chi connectivity index (χ0n) is 9.38. The Hall–Kier alpha value is -0.360. The average molecular weight is 468 g/mol. The molecule has 0 heterocycles. The summed E-state index contributed by atoms with van der Waals surface area (Å²) in [7, 11) is 0. The first-order valence-electron chi connectivity index (χ1n) is 5.19. The third-order valence-corrected chi connectivity index (χ3v) is 4.74. The van der Waals surface area contributed by atoms with Crippen molar-refractivity contribution in [2.75, 3.05) is 5.32 Å². The molecule has 1 amide bonds. The van der Waals surface area contributed by atoms with Crippen LogP contribution >= 0.6 is 59.4 Å². The third kappa shape index (κ3) is 3.81. The predicted octanol–water partition coefficient (Wildman–Crippen LogP) is 5.88. The maximum absolute atomic E-state index is 12.1. The van der Waals surface area contributed by atoms with Gasteiger partial charge in [0.1, 0.15) is 0 Å². The number of halogens is 4. The molecule has 19 heavy (non-hydrogen) atoms. The highest BCUT2D eigenvalue weighted by atomic mass is 79.9. The molecule has 2 nitrogen and oxygen atoms in total. The number of rotatable bonds is 2. The molecule has 0 aromatic heterocycles. The Balaban J connectivity index is 2.23. The number of benzene rings is 2. The molecule has 0 spiro atoms. The van der Waals surface area contributed by atoms with Crippen molar-refractivity contribution in [3.05, 3.63) is 60.4 Å². The van der Waals surface area contributed by atoms with E-state index in [0.29, 0.717) is 16.3 Å². The Morgan fingerprint density at radius 1 is 1.00 bits per heavy atom. The second-order valence-corrected chi connectivity index (χ2v) is 6.74. The van der Waals surface area contributed by atoms with Crippen molar-refractivity contribution >= 4 is 71.0 Å². The molecule has 0 fully saturated rings. The van der Waals surface area contributed by atoms with E-state index in [2.05, 4.69) is 53.1 Å². The van der Waals surface area contributed by atoms with Gasteiger partial charge < -0.3 is 5.32 Å². The van der Waals surface area contributed by atoms with Crippen molar-refractivity contribution in [1.29, 1.82) is 0 Å². The molecule has 0 bridgehead atoms. The van der Waals surface area contributed by atoms with Gasteiger partial charge in [-0.25, -0.2) is 0 Å². The molecule has 0 radical (unpaired) electrons. The van der Waals surface area contributed by atoms with Gasteiger partial charge >= 0.3 is 0 Å². The van der Waals surface area contributed by atoms with Crippen LogP contribution in [0, 0.1) is 0 Å². The molecule has 98 valence electrons. The molecule has 0 atom stereocenters. The van der Waals surface area contributed by atoms with Gasteiger partial charge in [0.2, 0.25) is 0 Å². The minimum Gasteiger partial charge on any atom is -0.322 e. The van der Waals surface area contributed by atoms with Crippen molar-refractivity contribution in [2.24, 2.45) is 0 Å². The number of nitrogens with one attached hydrogen (secondary N) is 1. The highest BCUT2D eigenvalue weighted by Gasteiger charge is 2.11. The predicted molar refractivity (Wildman–Crippen MR) is 88.9 cm³/mol. The smallest absolute Gasteiger partial charge is 0.256 e. The van der Waals surface area contributed by atoms with Gasteiger partial charge in [0.25, 0.3) is 5.91 Å². The summed E-state index contributed by atoms with van der Waals surface area (Å²) in [5, 5.41) is 3.35. The molecule has 0 aliphatic carbocycles. The lowest BCUT2D eigenvalue weighted by atomic mass is 10.2. The number of hydrogen-bond acceptors (Lipinski definition) is 1. The third-order valence-electron chi connectivity index (χ3n) is 2.35. The van der Waals surface area contributed by atoms with E-state index in [1.807, 2.05) is 12.1 Å². The van der Waals surface area contributed by atoms with E-state index in [1.54, 1.807) is 24.3 Å². The quantitative estimate of drug-likeness (QED) is 0.586. The Morgan fingerprint density at radius 3 is 2.37 bits per heavy atom. The fraction of sp³-hybridized carbons (Fsp3) is 0. The average Bonchev–Trinajstić information content (AvgIpc) is 2.33. The number of amides is 1. The molecule has 2 aromatic rings. The molecule has 2 rings (SSSR count). The van der Waals surface area contributed by atoms with E-state index in [1.165, 1.54) is 0 Å². The Labute approximate surface area is 140 Å². The van der Waals surface area contributed by atoms with E-state index in [4.69, 9.17) is 11.6 Å². The Bertz CT molecular complexity index is 646. The van der Waals surface area contributed by atoms with E-state index in [-0.39, 0.29) is 5.91 Å². The van der Waals surface area contributed by atoms with Gasteiger partial charge in [-0.2, -0.15) is 0 Å². The van der Waals surface area contributed by atoms with Gasteiger partial charge in [-0.15, -0.1) is 0 Å². The van der Waals surface area contributed by atoms with Crippen molar-refractivity contribution in [2.45, 2.75) is 0 Å². The van der Waals surface area contributed by atoms with Crippen LogP contribution in [0.25, 0.3) is 0 Å². The van der Waals surface area contributed by atoms with Crippen LogP contribution in [0.15, 0.2) is 49.8 Å². The molecule has 2 aromatic carbocycles. The summed E-state index contributed by atoms with van der Waals surface area (Å²) in [6.07, 6.45) is 0. The van der Waals surface area contributed by atoms with Crippen molar-refractivity contribution in [3.8, 4) is 0 Å². The SMILES string of the molecule is O=C(Nc1ccc(Br)c(Cl)c1)c1ccc(Br)cc1Br. The summed E-state index contributed by atoms with van der Waals surface area (Å²) in [6, 6.07) is 10.6. The Morgan fingerprint density at radius 2 is 1.74 bits per heavy atom. The van der Waals surface area contributed by atoms with Crippen LogP contribution in [-0.2, 0) is 0 Å².